The van der Waals surface area contributed by atoms with Crippen molar-refractivity contribution < 1.29 is 28.4 Å². The smallest absolute Gasteiger partial charge is 0.302 e. The minimum atomic E-state index is -1.09. The van der Waals surface area contributed by atoms with Crippen molar-refractivity contribution in [2.75, 3.05) is 19.0 Å². The van der Waals surface area contributed by atoms with Crippen molar-refractivity contribution in [3.63, 3.8) is 0 Å². The van der Waals surface area contributed by atoms with Gasteiger partial charge in [0.05, 0.1) is 0 Å². The van der Waals surface area contributed by atoms with Crippen LogP contribution in [0.25, 0.3) is 0 Å². The molecule has 1 aromatic carbocycles. The number of carbonyl (C=O) groups is 3. The molecule has 0 saturated carbocycles. The van der Waals surface area contributed by atoms with E-state index in [0.29, 0.717) is 5.75 Å². The zero-order chi connectivity index (χ0) is 24.0. The fourth-order valence-corrected chi connectivity index (χ4v) is 4.54. The van der Waals surface area contributed by atoms with Crippen molar-refractivity contribution in [2.24, 2.45) is 0 Å². The van der Waals surface area contributed by atoms with Gasteiger partial charge in [-0.25, -0.2) is 0 Å². The first kappa shape index (κ1) is 28.0. The Morgan fingerprint density at radius 1 is 0.906 bits per heavy atom. The second-order valence-electron chi connectivity index (χ2n) is 8.16. The predicted octanol–water partition coefficient (Wildman–Crippen LogP) is 3.70. The molecule has 180 valence electrons. The van der Waals surface area contributed by atoms with Gasteiger partial charge < -0.3 is 19.3 Å². The van der Waals surface area contributed by atoms with E-state index < -0.39 is 28.7 Å². The first-order valence-corrected chi connectivity index (χ1v) is 12.5. The number of ether oxygens (including phenoxy) is 2. The topological polar surface area (TPSA) is 105 Å². The fraction of sp³-hybridized carbons (Fsp3) is 0.625. The molecule has 0 aromatic heterocycles. The normalized spacial score (nSPS) is 12.2. The van der Waals surface area contributed by atoms with E-state index >= 15 is 0 Å². The summed E-state index contributed by atoms with van der Waals surface area (Å²) in [6.45, 7) is 5.81. The predicted molar refractivity (Wildman–Crippen MR) is 125 cm³/mol. The van der Waals surface area contributed by atoms with Gasteiger partial charge in [0, 0.05) is 27.2 Å². The number of unbranched alkanes of at least 4 members (excludes halogenated alkanes) is 5. The fourth-order valence-electron chi connectivity index (χ4n) is 3.39. The van der Waals surface area contributed by atoms with Gasteiger partial charge in [-0.3, -0.25) is 14.4 Å². The summed E-state index contributed by atoms with van der Waals surface area (Å²) in [5.41, 5.74) is -0.263. The van der Waals surface area contributed by atoms with Crippen LogP contribution in [0.15, 0.2) is 29.2 Å². The largest absolute Gasteiger partial charge is 0.611 e. The lowest BCUT2D eigenvalue weighted by molar-refractivity contribution is -0.150. The molecule has 1 unspecified atom stereocenters. The van der Waals surface area contributed by atoms with E-state index in [1.807, 2.05) is 24.3 Å². The zero-order valence-electron chi connectivity index (χ0n) is 19.7. The summed E-state index contributed by atoms with van der Waals surface area (Å²) in [5, 5.41) is 2.79. The van der Waals surface area contributed by atoms with Crippen LogP contribution in [0.5, 0.6) is 0 Å². The minimum Gasteiger partial charge on any atom is -0.611 e. The molecule has 1 amide bonds. The second-order valence-corrected chi connectivity index (χ2v) is 9.73. The lowest BCUT2D eigenvalue weighted by atomic mass is 9.92. The van der Waals surface area contributed by atoms with Crippen LogP contribution >= 0.6 is 0 Å². The Morgan fingerprint density at radius 3 is 1.94 bits per heavy atom. The van der Waals surface area contributed by atoms with Crippen LogP contribution in [0, 0.1) is 0 Å². The van der Waals surface area contributed by atoms with Gasteiger partial charge in [-0.1, -0.05) is 44.7 Å². The highest BCUT2D eigenvalue weighted by molar-refractivity contribution is 7.91. The maximum Gasteiger partial charge on any atom is 0.302 e. The Hall–Kier alpha value is -2.06. The van der Waals surface area contributed by atoms with Crippen molar-refractivity contribution in [1.29, 1.82) is 0 Å². The molecule has 0 bridgehead atoms. The lowest BCUT2D eigenvalue weighted by Gasteiger charge is -2.33. The first-order valence-electron chi connectivity index (χ1n) is 11.2. The summed E-state index contributed by atoms with van der Waals surface area (Å²) in [6, 6.07) is 7.32. The monoisotopic (exact) mass is 467 g/mol. The highest BCUT2D eigenvalue weighted by atomic mass is 32.2. The van der Waals surface area contributed by atoms with Crippen molar-refractivity contribution >= 4 is 29.0 Å². The summed E-state index contributed by atoms with van der Waals surface area (Å²) >= 11 is -1.06. The van der Waals surface area contributed by atoms with Gasteiger partial charge in [-0.2, -0.15) is 0 Å². The van der Waals surface area contributed by atoms with Gasteiger partial charge in [-0.15, -0.1) is 0 Å². The van der Waals surface area contributed by atoms with Crippen LogP contribution < -0.4 is 5.32 Å². The van der Waals surface area contributed by atoms with E-state index in [1.54, 1.807) is 0 Å². The van der Waals surface area contributed by atoms with Gasteiger partial charge in [0.25, 0.3) is 0 Å². The van der Waals surface area contributed by atoms with Gasteiger partial charge in [0.1, 0.15) is 24.5 Å². The number of carbonyl (C=O) groups excluding carboxylic acids is 3. The lowest BCUT2D eigenvalue weighted by Crippen LogP contribution is -2.56. The maximum absolute atomic E-state index is 12.6. The molecule has 7 nitrogen and oxygen atoms in total. The van der Waals surface area contributed by atoms with E-state index in [-0.39, 0.29) is 25.5 Å². The zero-order valence-corrected chi connectivity index (χ0v) is 20.6. The Labute approximate surface area is 194 Å². The van der Waals surface area contributed by atoms with E-state index in [2.05, 4.69) is 12.2 Å². The first-order chi connectivity index (χ1) is 15.2. The average molecular weight is 468 g/mol. The number of amides is 1. The van der Waals surface area contributed by atoms with E-state index in [0.717, 1.165) is 23.3 Å². The Morgan fingerprint density at radius 2 is 1.44 bits per heavy atom. The molecule has 1 aromatic rings. The van der Waals surface area contributed by atoms with E-state index in [4.69, 9.17) is 9.47 Å². The summed E-state index contributed by atoms with van der Waals surface area (Å²) in [7, 11) is 0. The van der Waals surface area contributed by atoms with Gasteiger partial charge in [0.2, 0.25) is 5.91 Å². The summed E-state index contributed by atoms with van der Waals surface area (Å²) in [5.74, 6) is -0.688. The number of hydrogen-bond donors (Lipinski definition) is 1. The number of hydrogen-bond acceptors (Lipinski definition) is 6. The third-order valence-electron chi connectivity index (χ3n) is 4.96. The van der Waals surface area contributed by atoms with Crippen molar-refractivity contribution in [3.8, 4) is 0 Å². The minimum absolute atomic E-state index is 0.138. The highest BCUT2D eigenvalue weighted by Crippen LogP contribution is 2.20. The number of esters is 2. The average Bonchev–Trinajstić information content (AvgIpc) is 2.73. The molecule has 1 atom stereocenters. The van der Waals surface area contributed by atoms with Crippen molar-refractivity contribution in [2.45, 2.75) is 83.1 Å². The van der Waals surface area contributed by atoms with E-state index in [1.165, 1.54) is 46.5 Å². The molecule has 0 aliphatic carbocycles. The Kier molecular flexibility index (Phi) is 13.0. The van der Waals surface area contributed by atoms with Crippen LogP contribution in [0.4, 0.5) is 0 Å². The molecule has 1 rings (SSSR count). The van der Waals surface area contributed by atoms with Crippen LogP contribution in [0.1, 0.15) is 71.8 Å². The highest BCUT2D eigenvalue weighted by Gasteiger charge is 2.35. The molecule has 8 heteroatoms. The van der Waals surface area contributed by atoms with Gasteiger partial charge in [-0.05, 0) is 41.7 Å². The molecular formula is C24H37NO6S. The molecule has 0 aliphatic heterocycles. The molecule has 0 aliphatic rings. The molecule has 32 heavy (non-hydrogen) atoms. The third kappa shape index (κ3) is 11.5. The Bertz CT molecular complexity index is 704. The number of nitrogens with one attached hydrogen (secondary N) is 1. The van der Waals surface area contributed by atoms with Gasteiger partial charge in [0.15, 0.2) is 4.90 Å². The van der Waals surface area contributed by atoms with Crippen molar-refractivity contribution in [3.05, 3.63) is 29.8 Å². The molecule has 0 fully saturated rings. The molecule has 0 saturated heterocycles. The molecule has 1 N–H and O–H groups in total. The molecule has 0 spiro atoms. The molecule has 0 radical (unpaired) electrons. The van der Waals surface area contributed by atoms with Crippen LogP contribution in [-0.4, -0.2) is 46.9 Å². The standard InChI is InChI=1S/C24H37NO6S/c1-5-6-7-8-9-10-15-32(29)23-13-11-22(12-14-23)16-24(25-19(2)26,17-30-20(3)27)18-31-21(4)28/h11-14H,5-10,15-18H2,1-4H3,(H,25,26). The SMILES string of the molecule is CCCCCCCC[S+]([O-])c1ccc(CC(COC(C)=O)(COC(C)=O)NC(C)=O)cc1. The van der Waals surface area contributed by atoms with E-state index in [9.17, 15) is 18.9 Å². The van der Waals surface area contributed by atoms with Crippen LogP contribution in [0.3, 0.4) is 0 Å². The van der Waals surface area contributed by atoms with Crippen molar-refractivity contribution in [1.82, 2.24) is 5.32 Å². The number of benzene rings is 1. The summed E-state index contributed by atoms with van der Waals surface area (Å²) in [6.07, 6.45) is 7.18. The quantitative estimate of drug-likeness (QED) is 0.240. The third-order valence-corrected chi connectivity index (χ3v) is 6.41. The second kappa shape index (κ2) is 14.9. The Balaban J connectivity index is 2.82. The summed E-state index contributed by atoms with van der Waals surface area (Å²) < 4.78 is 22.9. The molecular weight excluding hydrogens is 430 g/mol. The van der Waals surface area contributed by atoms with Crippen LogP contribution in [0.2, 0.25) is 0 Å². The summed E-state index contributed by atoms with van der Waals surface area (Å²) in [4.78, 5) is 35.3. The van der Waals surface area contributed by atoms with Gasteiger partial charge >= 0.3 is 11.9 Å². The van der Waals surface area contributed by atoms with Crippen LogP contribution in [-0.2, 0) is 41.5 Å². The number of rotatable bonds is 15. The maximum atomic E-state index is 12.6. The molecule has 0 heterocycles.